The highest BCUT2D eigenvalue weighted by atomic mass is 16.5. The Morgan fingerprint density at radius 3 is 1.23 bits per heavy atom. The molecule has 4 nitrogen and oxygen atoms in total. The molecule has 2 aromatic rings. The smallest absolute Gasteiger partial charge is 0.330 e. The summed E-state index contributed by atoms with van der Waals surface area (Å²) in [4.78, 5) is 21.9. The fraction of sp³-hybridized carbons (Fsp3) is 0.308. The molecular weight excluding hydrogens is 376 g/mol. The van der Waals surface area contributed by atoms with E-state index in [0.29, 0.717) is 0 Å². The summed E-state index contributed by atoms with van der Waals surface area (Å²) in [7, 11) is 2.75. The van der Waals surface area contributed by atoms with Crippen LogP contribution < -0.4 is 0 Å². The SMILES string of the molecule is COC(=O)/C=C/c1ccc(C)c(C)c1C.COC(=O)/C=C/c1ccc(C)c(C)c1C. The summed E-state index contributed by atoms with van der Waals surface area (Å²) in [6.45, 7) is 12.4. The number of rotatable bonds is 4. The minimum absolute atomic E-state index is 0.326. The van der Waals surface area contributed by atoms with Crippen LogP contribution in [0.3, 0.4) is 0 Å². The van der Waals surface area contributed by atoms with Crippen LogP contribution in [0.15, 0.2) is 36.4 Å². The molecule has 0 unspecified atom stereocenters. The van der Waals surface area contributed by atoms with Gasteiger partial charge in [-0.3, -0.25) is 0 Å². The largest absolute Gasteiger partial charge is 0.466 e. The number of benzene rings is 2. The van der Waals surface area contributed by atoms with Crippen LogP contribution in [0.25, 0.3) is 12.2 Å². The van der Waals surface area contributed by atoms with Crippen molar-refractivity contribution in [1.29, 1.82) is 0 Å². The van der Waals surface area contributed by atoms with Crippen LogP contribution in [0.2, 0.25) is 0 Å². The zero-order valence-corrected chi connectivity index (χ0v) is 19.3. The normalized spacial score (nSPS) is 10.7. The maximum atomic E-state index is 10.9. The van der Waals surface area contributed by atoms with Gasteiger partial charge in [0.1, 0.15) is 0 Å². The molecule has 0 saturated heterocycles. The van der Waals surface area contributed by atoms with Gasteiger partial charge in [0.25, 0.3) is 0 Å². The van der Waals surface area contributed by atoms with Gasteiger partial charge in [-0.15, -0.1) is 0 Å². The Morgan fingerprint density at radius 1 is 0.600 bits per heavy atom. The van der Waals surface area contributed by atoms with Gasteiger partial charge in [0, 0.05) is 12.2 Å². The lowest BCUT2D eigenvalue weighted by Crippen LogP contribution is -1.94. The molecule has 0 aromatic heterocycles. The summed E-state index contributed by atoms with van der Waals surface area (Å²) in [5.74, 6) is -0.653. The van der Waals surface area contributed by atoms with E-state index in [1.165, 1.54) is 59.8 Å². The van der Waals surface area contributed by atoms with Crippen LogP contribution in [-0.2, 0) is 19.1 Å². The number of carbonyl (C=O) groups is 2. The lowest BCUT2D eigenvalue weighted by atomic mass is 9.99. The molecule has 4 heteroatoms. The number of carbonyl (C=O) groups excluding carboxylic acids is 2. The molecule has 0 N–H and O–H groups in total. The first kappa shape index (κ1) is 24.9. The number of esters is 2. The molecule has 0 radical (unpaired) electrons. The topological polar surface area (TPSA) is 52.6 Å². The Hall–Kier alpha value is -3.14. The highest BCUT2D eigenvalue weighted by molar-refractivity contribution is 5.87. The molecule has 30 heavy (non-hydrogen) atoms. The van der Waals surface area contributed by atoms with Crippen molar-refractivity contribution in [2.75, 3.05) is 14.2 Å². The molecule has 0 saturated carbocycles. The minimum Gasteiger partial charge on any atom is -0.466 e. The van der Waals surface area contributed by atoms with E-state index in [0.717, 1.165) is 11.1 Å². The van der Waals surface area contributed by atoms with Crippen LogP contribution in [0.5, 0.6) is 0 Å². The zero-order valence-electron chi connectivity index (χ0n) is 19.3. The third kappa shape index (κ3) is 7.03. The van der Waals surface area contributed by atoms with Crippen molar-refractivity contribution in [3.8, 4) is 0 Å². The number of methoxy groups -OCH3 is 2. The Balaban J connectivity index is 0.000000300. The molecule has 160 valence electrons. The van der Waals surface area contributed by atoms with Crippen molar-refractivity contribution < 1.29 is 19.1 Å². The Kier molecular flexibility index (Phi) is 9.76. The predicted octanol–water partition coefficient (Wildman–Crippen LogP) is 5.60. The van der Waals surface area contributed by atoms with Crippen molar-refractivity contribution in [2.24, 2.45) is 0 Å². The minimum atomic E-state index is -0.326. The van der Waals surface area contributed by atoms with Gasteiger partial charge >= 0.3 is 11.9 Å². The number of hydrogen-bond acceptors (Lipinski definition) is 4. The average molecular weight is 409 g/mol. The summed E-state index contributed by atoms with van der Waals surface area (Å²) in [6.07, 6.45) is 6.45. The van der Waals surface area contributed by atoms with E-state index in [9.17, 15) is 9.59 Å². The average Bonchev–Trinajstić information content (AvgIpc) is 2.74. The van der Waals surface area contributed by atoms with Crippen LogP contribution in [0.1, 0.15) is 44.5 Å². The number of aryl methyl sites for hydroxylation is 2. The van der Waals surface area contributed by atoms with Gasteiger partial charge in [-0.25, -0.2) is 9.59 Å². The maximum absolute atomic E-state index is 10.9. The highest BCUT2D eigenvalue weighted by Crippen LogP contribution is 2.19. The quantitative estimate of drug-likeness (QED) is 0.488. The van der Waals surface area contributed by atoms with Crippen molar-refractivity contribution in [3.63, 3.8) is 0 Å². The molecule has 0 aliphatic rings. The van der Waals surface area contributed by atoms with E-state index < -0.39 is 0 Å². The Labute approximate surface area is 180 Å². The van der Waals surface area contributed by atoms with Gasteiger partial charge in [0.15, 0.2) is 0 Å². The second-order valence-corrected chi connectivity index (χ2v) is 7.16. The number of hydrogen-bond donors (Lipinski definition) is 0. The zero-order chi connectivity index (χ0) is 22.8. The molecule has 2 aromatic carbocycles. The van der Waals surface area contributed by atoms with E-state index in [4.69, 9.17) is 0 Å². The van der Waals surface area contributed by atoms with Crippen molar-refractivity contribution in [3.05, 3.63) is 80.9 Å². The monoisotopic (exact) mass is 408 g/mol. The molecule has 0 bridgehead atoms. The molecule has 0 aliphatic carbocycles. The third-order valence-electron chi connectivity index (χ3n) is 5.40. The van der Waals surface area contributed by atoms with E-state index >= 15 is 0 Å². The summed E-state index contributed by atoms with van der Waals surface area (Å²) in [5.41, 5.74) is 9.59. The van der Waals surface area contributed by atoms with Gasteiger partial charge in [0.05, 0.1) is 14.2 Å². The van der Waals surface area contributed by atoms with Crippen LogP contribution in [0.4, 0.5) is 0 Å². The Morgan fingerprint density at radius 2 is 0.933 bits per heavy atom. The van der Waals surface area contributed by atoms with E-state index in [-0.39, 0.29) is 11.9 Å². The summed E-state index contributed by atoms with van der Waals surface area (Å²) in [5, 5.41) is 0. The fourth-order valence-electron chi connectivity index (χ4n) is 2.77. The first-order valence-corrected chi connectivity index (χ1v) is 9.78. The highest BCUT2D eigenvalue weighted by Gasteiger charge is 2.02. The van der Waals surface area contributed by atoms with Gasteiger partial charge < -0.3 is 9.47 Å². The third-order valence-corrected chi connectivity index (χ3v) is 5.40. The molecule has 2 rings (SSSR count). The number of ether oxygens (including phenoxy) is 2. The van der Waals surface area contributed by atoms with E-state index in [2.05, 4.69) is 63.1 Å². The second-order valence-electron chi connectivity index (χ2n) is 7.16. The lowest BCUT2D eigenvalue weighted by Gasteiger charge is -2.07. The maximum Gasteiger partial charge on any atom is 0.330 e. The molecule has 0 fully saturated rings. The summed E-state index contributed by atoms with van der Waals surface area (Å²) < 4.78 is 9.08. The van der Waals surface area contributed by atoms with Gasteiger partial charge in [-0.2, -0.15) is 0 Å². The molecule has 0 atom stereocenters. The molecule has 0 spiro atoms. The second kappa shape index (κ2) is 11.8. The first-order valence-electron chi connectivity index (χ1n) is 9.78. The lowest BCUT2D eigenvalue weighted by molar-refractivity contribution is -0.135. The summed E-state index contributed by atoms with van der Waals surface area (Å²) in [6, 6.07) is 8.13. The summed E-state index contributed by atoms with van der Waals surface area (Å²) >= 11 is 0. The van der Waals surface area contributed by atoms with Crippen molar-refractivity contribution in [1.82, 2.24) is 0 Å². The fourth-order valence-corrected chi connectivity index (χ4v) is 2.77. The van der Waals surface area contributed by atoms with Crippen LogP contribution in [-0.4, -0.2) is 26.2 Å². The van der Waals surface area contributed by atoms with E-state index in [1.54, 1.807) is 12.2 Å². The van der Waals surface area contributed by atoms with Gasteiger partial charge in [0.2, 0.25) is 0 Å². The molecule has 0 heterocycles. The van der Waals surface area contributed by atoms with E-state index in [1.807, 2.05) is 12.1 Å². The van der Waals surface area contributed by atoms with Crippen molar-refractivity contribution in [2.45, 2.75) is 41.5 Å². The Bertz CT molecular complexity index is 886. The van der Waals surface area contributed by atoms with Crippen molar-refractivity contribution >= 4 is 24.1 Å². The molecular formula is C26H32O4. The standard InChI is InChI=1S/2C13H16O2/c2*1-9-5-6-12(11(3)10(9)2)7-8-13(14)15-4/h2*5-8H,1-4H3/b2*8-7+. The van der Waals surface area contributed by atoms with Gasteiger partial charge in [-0.05, 0) is 98.2 Å². The molecule has 0 aliphatic heterocycles. The predicted molar refractivity (Wildman–Crippen MR) is 123 cm³/mol. The molecule has 0 amide bonds. The first-order chi connectivity index (χ1) is 14.1. The van der Waals surface area contributed by atoms with Crippen LogP contribution >= 0.6 is 0 Å². The van der Waals surface area contributed by atoms with Gasteiger partial charge in [-0.1, -0.05) is 24.3 Å². The van der Waals surface area contributed by atoms with Crippen LogP contribution in [0, 0.1) is 41.5 Å².